The van der Waals surface area contributed by atoms with Crippen LogP contribution in [0.4, 0.5) is 5.69 Å². The summed E-state index contributed by atoms with van der Waals surface area (Å²) in [5, 5.41) is 11.9. The Morgan fingerprint density at radius 2 is 2.20 bits per heavy atom. The lowest BCUT2D eigenvalue weighted by atomic mass is 10.1. The van der Waals surface area contributed by atoms with Crippen LogP contribution in [0.1, 0.15) is 0 Å². The molecular formula is C10H8N4O. The van der Waals surface area contributed by atoms with Gasteiger partial charge in [-0.05, 0) is 18.2 Å². The van der Waals surface area contributed by atoms with Crippen molar-refractivity contribution in [1.82, 2.24) is 15.4 Å². The molecule has 0 spiro atoms. The molecule has 0 saturated heterocycles. The number of hydrogen-bond acceptors (Lipinski definition) is 4. The van der Waals surface area contributed by atoms with Gasteiger partial charge in [-0.15, -0.1) is 0 Å². The van der Waals surface area contributed by atoms with Crippen molar-refractivity contribution in [3.05, 3.63) is 30.5 Å². The summed E-state index contributed by atoms with van der Waals surface area (Å²) in [5.41, 5.74) is 8.81. The van der Waals surface area contributed by atoms with E-state index in [4.69, 9.17) is 10.3 Å². The predicted octanol–water partition coefficient (Wildman–Crippen LogP) is 1.80. The van der Waals surface area contributed by atoms with Crippen LogP contribution in [-0.2, 0) is 0 Å². The van der Waals surface area contributed by atoms with Gasteiger partial charge in [-0.25, -0.2) is 0 Å². The number of rotatable bonds is 1. The van der Waals surface area contributed by atoms with Crippen molar-refractivity contribution in [3.8, 4) is 11.4 Å². The minimum Gasteiger partial charge on any atom is -0.399 e. The van der Waals surface area contributed by atoms with Crippen LogP contribution >= 0.6 is 0 Å². The number of aromatic nitrogens is 3. The summed E-state index contributed by atoms with van der Waals surface area (Å²) in [5.74, 6) is 0. The number of nitrogens with zero attached hydrogens (tertiary/aromatic N) is 2. The zero-order chi connectivity index (χ0) is 10.3. The number of nitrogens with two attached hydrogens (primary N) is 1. The van der Waals surface area contributed by atoms with Gasteiger partial charge in [-0.1, -0.05) is 5.16 Å². The number of anilines is 1. The summed E-state index contributed by atoms with van der Waals surface area (Å²) in [7, 11) is 0. The number of nitrogen functional groups attached to an aromatic ring is 1. The molecule has 3 N–H and O–H groups in total. The second-order valence-electron chi connectivity index (χ2n) is 3.26. The van der Waals surface area contributed by atoms with Crippen molar-refractivity contribution >= 4 is 16.6 Å². The Morgan fingerprint density at radius 1 is 1.27 bits per heavy atom. The minimum atomic E-state index is 0.701. The molecule has 15 heavy (non-hydrogen) atoms. The smallest absolute Gasteiger partial charge is 0.134 e. The van der Waals surface area contributed by atoms with Crippen molar-refractivity contribution in [2.24, 2.45) is 0 Å². The van der Waals surface area contributed by atoms with Crippen molar-refractivity contribution in [1.29, 1.82) is 0 Å². The monoisotopic (exact) mass is 200 g/mol. The molecule has 3 aromatic rings. The molecule has 0 aliphatic carbocycles. The maximum Gasteiger partial charge on any atom is 0.134 e. The predicted molar refractivity (Wildman–Crippen MR) is 56.0 cm³/mol. The molecule has 0 aliphatic rings. The highest BCUT2D eigenvalue weighted by atomic mass is 16.5. The molecule has 74 valence electrons. The van der Waals surface area contributed by atoms with E-state index in [1.807, 2.05) is 18.2 Å². The fourth-order valence-electron chi connectivity index (χ4n) is 1.56. The van der Waals surface area contributed by atoms with E-state index >= 15 is 0 Å². The zero-order valence-electron chi connectivity index (χ0n) is 7.77. The highest BCUT2D eigenvalue weighted by Crippen LogP contribution is 2.26. The summed E-state index contributed by atoms with van der Waals surface area (Å²) in [6, 6.07) is 7.34. The Kier molecular flexibility index (Phi) is 1.53. The van der Waals surface area contributed by atoms with E-state index in [1.54, 1.807) is 6.07 Å². The maximum atomic E-state index is 5.72. The third kappa shape index (κ3) is 1.17. The Balaban J connectivity index is 2.32. The van der Waals surface area contributed by atoms with Crippen LogP contribution in [0.5, 0.6) is 0 Å². The number of H-pyrrole nitrogens is 1. The van der Waals surface area contributed by atoms with E-state index in [1.165, 1.54) is 6.26 Å². The average molecular weight is 200 g/mol. The van der Waals surface area contributed by atoms with E-state index in [9.17, 15) is 0 Å². The van der Waals surface area contributed by atoms with E-state index < -0.39 is 0 Å². The lowest BCUT2D eigenvalue weighted by Gasteiger charge is -1.93. The second kappa shape index (κ2) is 2.84. The van der Waals surface area contributed by atoms with Gasteiger partial charge in [-0.3, -0.25) is 5.10 Å². The van der Waals surface area contributed by atoms with Crippen molar-refractivity contribution in [2.45, 2.75) is 0 Å². The Bertz CT molecular complexity index is 597. The number of fused-ring (bicyclic) bond motifs is 1. The van der Waals surface area contributed by atoms with Crippen LogP contribution < -0.4 is 5.73 Å². The fraction of sp³-hybridized carbons (Fsp3) is 0. The summed E-state index contributed by atoms with van der Waals surface area (Å²) >= 11 is 0. The highest BCUT2D eigenvalue weighted by Gasteiger charge is 2.10. The van der Waals surface area contributed by atoms with Gasteiger partial charge >= 0.3 is 0 Å². The number of benzene rings is 1. The highest BCUT2D eigenvalue weighted by molar-refractivity contribution is 5.93. The van der Waals surface area contributed by atoms with Gasteiger partial charge in [0.2, 0.25) is 0 Å². The molecule has 1 aromatic carbocycles. The molecule has 0 atom stereocenters. The van der Waals surface area contributed by atoms with Crippen LogP contribution in [0.15, 0.2) is 35.1 Å². The van der Waals surface area contributed by atoms with Crippen LogP contribution in [0, 0.1) is 0 Å². The van der Waals surface area contributed by atoms with E-state index in [0.717, 1.165) is 16.6 Å². The topological polar surface area (TPSA) is 80.7 Å². The van der Waals surface area contributed by atoms with E-state index in [2.05, 4.69) is 15.4 Å². The maximum absolute atomic E-state index is 5.72. The quantitative estimate of drug-likeness (QED) is 0.587. The Morgan fingerprint density at radius 3 is 3.00 bits per heavy atom. The van der Waals surface area contributed by atoms with Crippen LogP contribution in [0.25, 0.3) is 22.3 Å². The van der Waals surface area contributed by atoms with E-state index in [-0.39, 0.29) is 0 Å². The third-order valence-electron chi connectivity index (χ3n) is 2.27. The van der Waals surface area contributed by atoms with E-state index in [0.29, 0.717) is 11.4 Å². The third-order valence-corrected chi connectivity index (χ3v) is 2.27. The van der Waals surface area contributed by atoms with Gasteiger partial charge in [0.25, 0.3) is 0 Å². The first kappa shape index (κ1) is 8.05. The molecule has 2 aromatic heterocycles. The number of hydrogen-bond donors (Lipinski definition) is 2. The molecule has 0 aliphatic heterocycles. The molecule has 2 heterocycles. The standard InChI is InChI=1S/C10H8N4O/c11-6-1-2-8-7(5-6)10(13-12-8)9-3-4-15-14-9/h1-5H,11H2,(H,12,13). The molecular weight excluding hydrogens is 192 g/mol. The van der Waals surface area contributed by atoms with Crippen molar-refractivity contribution in [3.63, 3.8) is 0 Å². The zero-order valence-corrected chi connectivity index (χ0v) is 7.77. The van der Waals surface area contributed by atoms with Gasteiger partial charge < -0.3 is 10.3 Å². The SMILES string of the molecule is Nc1ccc2[nH]nc(-c3ccon3)c2c1. The number of aromatic amines is 1. The second-order valence-corrected chi connectivity index (χ2v) is 3.26. The normalized spacial score (nSPS) is 10.9. The number of nitrogens with one attached hydrogen (secondary N) is 1. The summed E-state index contributed by atoms with van der Waals surface area (Å²) in [4.78, 5) is 0. The molecule has 0 unspecified atom stereocenters. The molecule has 0 radical (unpaired) electrons. The molecule has 5 heteroatoms. The van der Waals surface area contributed by atoms with Gasteiger partial charge in [0.1, 0.15) is 17.7 Å². The minimum absolute atomic E-state index is 0.701. The molecule has 0 bridgehead atoms. The first-order valence-corrected chi connectivity index (χ1v) is 4.49. The van der Waals surface area contributed by atoms with Gasteiger partial charge in [0.15, 0.2) is 0 Å². The summed E-state index contributed by atoms with van der Waals surface area (Å²) in [6.45, 7) is 0. The lowest BCUT2D eigenvalue weighted by molar-refractivity contribution is 0.422. The van der Waals surface area contributed by atoms with Gasteiger partial charge in [0, 0.05) is 17.1 Å². The molecule has 0 saturated carbocycles. The molecule has 0 fully saturated rings. The summed E-state index contributed by atoms with van der Waals surface area (Å²) < 4.78 is 4.78. The first-order valence-electron chi connectivity index (χ1n) is 4.49. The lowest BCUT2D eigenvalue weighted by Crippen LogP contribution is -1.83. The Labute approximate surface area is 84.9 Å². The first-order chi connectivity index (χ1) is 7.34. The molecule has 5 nitrogen and oxygen atoms in total. The van der Waals surface area contributed by atoms with Crippen LogP contribution in [-0.4, -0.2) is 15.4 Å². The summed E-state index contributed by atoms with van der Waals surface area (Å²) in [6.07, 6.45) is 1.52. The van der Waals surface area contributed by atoms with Crippen LogP contribution in [0.2, 0.25) is 0 Å². The Hall–Kier alpha value is -2.30. The van der Waals surface area contributed by atoms with Crippen molar-refractivity contribution < 1.29 is 4.52 Å². The fourth-order valence-corrected chi connectivity index (χ4v) is 1.56. The van der Waals surface area contributed by atoms with Gasteiger partial charge in [0.05, 0.1) is 5.52 Å². The van der Waals surface area contributed by atoms with Crippen molar-refractivity contribution in [2.75, 3.05) is 5.73 Å². The average Bonchev–Trinajstić information content (AvgIpc) is 2.83. The van der Waals surface area contributed by atoms with Gasteiger partial charge in [-0.2, -0.15) is 5.10 Å². The molecule has 0 amide bonds. The van der Waals surface area contributed by atoms with Crippen LogP contribution in [0.3, 0.4) is 0 Å². The molecule has 3 rings (SSSR count). The largest absolute Gasteiger partial charge is 0.399 e.